The Kier molecular flexibility index (Phi) is 10.0. The van der Waals surface area contributed by atoms with Gasteiger partial charge in [0, 0.05) is 29.8 Å². The molecule has 1 aromatic rings. The van der Waals surface area contributed by atoms with Gasteiger partial charge in [-0.05, 0) is 38.5 Å². The van der Waals surface area contributed by atoms with Crippen LogP contribution in [0.4, 0.5) is 4.39 Å². The fourth-order valence-electron chi connectivity index (χ4n) is 2.17. The number of sulfone groups is 1. The highest BCUT2D eigenvalue weighted by Gasteiger charge is 2.30. The van der Waals surface area contributed by atoms with Crippen molar-refractivity contribution in [3.05, 3.63) is 34.6 Å². The minimum atomic E-state index is -3.22. The Labute approximate surface area is 184 Å². The van der Waals surface area contributed by atoms with Crippen LogP contribution in [0.5, 0.6) is 0 Å². The lowest BCUT2D eigenvalue weighted by atomic mass is 9.84. The summed E-state index contributed by atoms with van der Waals surface area (Å²) < 4.78 is 36.0. The molecule has 0 atom stereocenters. The van der Waals surface area contributed by atoms with E-state index in [1.54, 1.807) is 19.9 Å². The van der Waals surface area contributed by atoms with Crippen LogP contribution in [0.1, 0.15) is 40.2 Å². The Balaban J connectivity index is 0.00000676. The van der Waals surface area contributed by atoms with E-state index in [1.807, 2.05) is 20.8 Å². The molecule has 0 aliphatic carbocycles. The molecule has 0 saturated carbocycles. The molecule has 0 fully saturated rings. The fourth-order valence-corrected chi connectivity index (χ4v) is 2.89. The molecule has 0 spiro atoms. The molecule has 0 aliphatic heterocycles. The van der Waals surface area contributed by atoms with E-state index in [-0.39, 0.29) is 41.8 Å². The molecule has 0 unspecified atom stereocenters. The number of nitrogens with zero attached hydrogens (tertiary/aromatic N) is 1. The third-order valence-corrected chi connectivity index (χ3v) is 6.77. The average molecular weight is 534 g/mol. The van der Waals surface area contributed by atoms with Crippen molar-refractivity contribution in [1.82, 2.24) is 10.6 Å². The molecule has 1 rings (SSSR count). The van der Waals surface area contributed by atoms with Gasteiger partial charge in [0.05, 0.1) is 11.3 Å². The number of aliphatic imine (C=N–C) groups is 1. The lowest BCUT2D eigenvalue weighted by Crippen LogP contribution is -2.45. The highest BCUT2D eigenvalue weighted by molar-refractivity contribution is 14.0. The lowest BCUT2D eigenvalue weighted by Gasteiger charge is -2.28. The molecular weight excluding hydrogens is 504 g/mol. The predicted molar refractivity (Wildman–Crippen MR) is 123 cm³/mol. The Morgan fingerprint density at radius 2 is 1.81 bits per heavy atom. The van der Waals surface area contributed by atoms with Crippen LogP contribution >= 0.6 is 35.6 Å². The second kappa shape index (κ2) is 10.2. The SMILES string of the molecule is CCNC(=NCC(C)(C)S(C)(=O)=O)NCC(C)(C)c1ccc(F)cc1Cl.I. The number of rotatable bonds is 7. The Morgan fingerprint density at radius 1 is 1.22 bits per heavy atom. The molecule has 0 saturated heterocycles. The zero-order valence-corrected chi connectivity index (χ0v) is 20.6. The summed E-state index contributed by atoms with van der Waals surface area (Å²) >= 11 is 6.18. The quantitative estimate of drug-likeness (QED) is 0.318. The van der Waals surface area contributed by atoms with Gasteiger partial charge in [0.15, 0.2) is 15.8 Å². The summed E-state index contributed by atoms with van der Waals surface area (Å²) in [7, 11) is -3.22. The summed E-state index contributed by atoms with van der Waals surface area (Å²) in [6.45, 7) is 10.5. The van der Waals surface area contributed by atoms with E-state index in [0.717, 1.165) is 5.56 Å². The van der Waals surface area contributed by atoms with Crippen LogP contribution < -0.4 is 10.6 Å². The van der Waals surface area contributed by atoms with Gasteiger partial charge in [-0.25, -0.2) is 12.8 Å². The maximum atomic E-state index is 13.3. The van der Waals surface area contributed by atoms with E-state index in [2.05, 4.69) is 15.6 Å². The van der Waals surface area contributed by atoms with Crippen molar-refractivity contribution < 1.29 is 12.8 Å². The third-order valence-electron chi connectivity index (χ3n) is 4.32. The minimum Gasteiger partial charge on any atom is -0.357 e. The van der Waals surface area contributed by atoms with Crippen molar-refractivity contribution in [1.29, 1.82) is 0 Å². The van der Waals surface area contributed by atoms with Crippen LogP contribution in [-0.2, 0) is 15.3 Å². The van der Waals surface area contributed by atoms with Crippen LogP contribution in [0, 0.1) is 5.82 Å². The highest BCUT2D eigenvalue weighted by Crippen LogP contribution is 2.29. The zero-order valence-electron chi connectivity index (χ0n) is 16.7. The highest BCUT2D eigenvalue weighted by atomic mass is 127. The molecule has 1 aromatic carbocycles. The summed E-state index contributed by atoms with van der Waals surface area (Å²) in [6, 6.07) is 4.36. The lowest BCUT2D eigenvalue weighted by molar-refractivity contribution is 0.506. The van der Waals surface area contributed by atoms with E-state index in [0.29, 0.717) is 24.1 Å². The van der Waals surface area contributed by atoms with Gasteiger partial charge in [-0.3, -0.25) is 4.99 Å². The second-order valence-electron chi connectivity index (χ2n) is 7.59. The summed E-state index contributed by atoms with van der Waals surface area (Å²) in [5.74, 6) is 0.149. The van der Waals surface area contributed by atoms with Gasteiger partial charge in [0.25, 0.3) is 0 Å². The normalized spacial score (nSPS) is 13.1. The maximum absolute atomic E-state index is 13.3. The van der Waals surface area contributed by atoms with Gasteiger partial charge < -0.3 is 10.6 Å². The van der Waals surface area contributed by atoms with Crippen molar-refractivity contribution in [2.24, 2.45) is 4.99 Å². The minimum absolute atomic E-state index is 0. The van der Waals surface area contributed by atoms with Gasteiger partial charge in [-0.15, -0.1) is 24.0 Å². The van der Waals surface area contributed by atoms with E-state index < -0.39 is 14.6 Å². The first-order valence-electron chi connectivity index (χ1n) is 8.47. The molecule has 0 amide bonds. The van der Waals surface area contributed by atoms with Crippen LogP contribution in [0.15, 0.2) is 23.2 Å². The maximum Gasteiger partial charge on any atom is 0.191 e. The molecule has 0 aliphatic rings. The Bertz CT molecular complexity index is 768. The van der Waals surface area contributed by atoms with Crippen LogP contribution in [0.3, 0.4) is 0 Å². The number of nitrogens with one attached hydrogen (secondary N) is 2. The number of halogens is 3. The van der Waals surface area contributed by atoms with E-state index in [9.17, 15) is 12.8 Å². The first-order valence-corrected chi connectivity index (χ1v) is 10.7. The first-order chi connectivity index (χ1) is 11.8. The fraction of sp³-hybridized carbons (Fsp3) is 0.611. The first kappa shape index (κ1) is 26.4. The van der Waals surface area contributed by atoms with Gasteiger partial charge >= 0.3 is 0 Å². The Morgan fingerprint density at radius 3 is 2.30 bits per heavy atom. The number of benzene rings is 1. The average Bonchev–Trinajstić information content (AvgIpc) is 2.48. The van der Waals surface area contributed by atoms with Gasteiger partial charge in [-0.2, -0.15) is 0 Å². The summed E-state index contributed by atoms with van der Waals surface area (Å²) in [5, 5.41) is 6.69. The molecule has 0 bridgehead atoms. The standard InChI is InChI=1S/C18H29ClFN3O2S.HI/c1-7-21-16(23-12-18(4,5)26(6,24)25)22-11-17(2,3)14-9-8-13(20)10-15(14)19;/h8-10H,7,11-12H2,1-6H3,(H2,21,22,23);1H. The van der Waals surface area contributed by atoms with Crippen molar-refractivity contribution in [2.45, 2.75) is 44.8 Å². The largest absolute Gasteiger partial charge is 0.357 e. The molecule has 0 heterocycles. The Hall–Kier alpha value is -0.610. The summed E-state index contributed by atoms with van der Waals surface area (Å²) in [4.78, 5) is 4.41. The van der Waals surface area contributed by atoms with Crippen molar-refractivity contribution in [3.8, 4) is 0 Å². The van der Waals surface area contributed by atoms with Crippen LogP contribution in [0.25, 0.3) is 0 Å². The topological polar surface area (TPSA) is 70.6 Å². The van der Waals surface area contributed by atoms with Crippen molar-refractivity contribution in [3.63, 3.8) is 0 Å². The van der Waals surface area contributed by atoms with Gasteiger partial charge in [0.2, 0.25) is 0 Å². The molecule has 9 heteroatoms. The molecule has 156 valence electrons. The van der Waals surface area contributed by atoms with Crippen molar-refractivity contribution >= 4 is 51.4 Å². The molecule has 0 radical (unpaired) electrons. The van der Waals surface area contributed by atoms with Gasteiger partial charge in [-0.1, -0.05) is 31.5 Å². The summed E-state index contributed by atoms with van der Waals surface area (Å²) in [5.41, 5.74) is 0.438. The number of guanidine groups is 1. The van der Waals surface area contributed by atoms with Crippen LogP contribution in [-0.4, -0.2) is 45.0 Å². The zero-order chi connectivity index (χ0) is 20.2. The molecule has 5 nitrogen and oxygen atoms in total. The monoisotopic (exact) mass is 533 g/mol. The number of hydrogen-bond donors (Lipinski definition) is 2. The molecule has 0 aromatic heterocycles. The molecular formula is C18H30ClFIN3O2S. The summed E-state index contributed by atoms with van der Waals surface area (Å²) in [6.07, 6.45) is 1.21. The number of hydrogen-bond acceptors (Lipinski definition) is 3. The molecule has 2 N–H and O–H groups in total. The predicted octanol–water partition coefficient (Wildman–Crippen LogP) is 3.75. The van der Waals surface area contributed by atoms with Crippen LogP contribution in [0.2, 0.25) is 5.02 Å². The third kappa shape index (κ3) is 7.73. The van der Waals surface area contributed by atoms with E-state index in [4.69, 9.17) is 11.6 Å². The van der Waals surface area contributed by atoms with E-state index >= 15 is 0 Å². The van der Waals surface area contributed by atoms with Crippen molar-refractivity contribution in [2.75, 3.05) is 25.9 Å². The van der Waals surface area contributed by atoms with Gasteiger partial charge in [0.1, 0.15) is 5.82 Å². The van der Waals surface area contributed by atoms with E-state index in [1.165, 1.54) is 18.4 Å². The smallest absolute Gasteiger partial charge is 0.191 e. The molecule has 27 heavy (non-hydrogen) atoms. The second-order valence-corrected chi connectivity index (χ2v) is 10.6.